The first-order valence-corrected chi connectivity index (χ1v) is 12.8. The van der Waals surface area contributed by atoms with E-state index in [0.29, 0.717) is 22.0 Å². The van der Waals surface area contributed by atoms with E-state index in [1.807, 2.05) is 0 Å². The second-order valence-electron chi connectivity index (χ2n) is 6.87. The summed E-state index contributed by atoms with van der Waals surface area (Å²) in [7, 11) is -1.20. The maximum absolute atomic E-state index is 14.4. The van der Waals surface area contributed by atoms with Gasteiger partial charge in [-0.05, 0) is 29.8 Å². The van der Waals surface area contributed by atoms with Gasteiger partial charge in [0, 0.05) is 25.4 Å². The third-order valence-electron chi connectivity index (χ3n) is 4.35. The van der Waals surface area contributed by atoms with Crippen LogP contribution >= 0.6 is 23.1 Å². The van der Waals surface area contributed by atoms with Gasteiger partial charge in [0.15, 0.2) is 4.34 Å². The highest BCUT2D eigenvalue weighted by atomic mass is 32.2. The van der Waals surface area contributed by atoms with Crippen LogP contribution in [0.15, 0.2) is 65.5 Å². The van der Waals surface area contributed by atoms with Crippen LogP contribution in [0.1, 0.15) is 15.9 Å². The molecule has 8 nitrogen and oxygen atoms in total. The van der Waals surface area contributed by atoms with Gasteiger partial charge in [0.2, 0.25) is 5.13 Å². The van der Waals surface area contributed by atoms with Crippen LogP contribution in [0, 0.1) is 5.82 Å². The number of anilines is 2. The van der Waals surface area contributed by atoms with Crippen molar-refractivity contribution >= 4 is 50.0 Å². The van der Waals surface area contributed by atoms with E-state index in [0.717, 1.165) is 13.0 Å². The maximum Gasteiger partial charge on any atom is 0.303 e. The summed E-state index contributed by atoms with van der Waals surface area (Å²) >= 11 is 2.73. The number of hydrogen-bond donors (Lipinski definition) is 1. The number of nitrogens with zero attached hydrogens (tertiary/aromatic N) is 4. The van der Waals surface area contributed by atoms with Gasteiger partial charge in [0.1, 0.15) is 5.82 Å². The number of amides is 1. The molecule has 2 aromatic carbocycles. The van der Waals surface area contributed by atoms with Crippen LogP contribution in [0.3, 0.4) is 0 Å². The molecule has 1 aromatic heterocycles. The normalized spacial score (nSPS) is 11.4. The molecule has 174 valence electrons. The molecule has 12 heteroatoms. The summed E-state index contributed by atoms with van der Waals surface area (Å²) in [5.41, 5.74) is 0.885. The lowest BCUT2D eigenvalue weighted by Gasteiger charge is -2.27. The van der Waals surface area contributed by atoms with Crippen LogP contribution in [0.5, 0.6) is 0 Å². The van der Waals surface area contributed by atoms with Crippen molar-refractivity contribution < 1.29 is 17.6 Å². The Morgan fingerprint density at radius 2 is 1.88 bits per heavy atom. The van der Waals surface area contributed by atoms with Crippen molar-refractivity contribution in [2.45, 2.75) is 10.9 Å². The van der Waals surface area contributed by atoms with Crippen molar-refractivity contribution in [2.24, 2.45) is 0 Å². The van der Waals surface area contributed by atoms with Gasteiger partial charge >= 0.3 is 10.2 Å². The van der Waals surface area contributed by atoms with Gasteiger partial charge < -0.3 is 0 Å². The number of rotatable bonds is 10. The number of carbonyl (C=O) groups excluding carboxylic acids is 1. The molecule has 1 amide bonds. The van der Waals surface area contributed by atoms with Crippen LogP contribution in [-0.4, -0.2) is 48.7 Å². The Morgan fingerprint density at radius 3 is 2.52 bits per heavy atom. The minimum absolute atomic E-state index is 0.0607. The van der Waals surface area contributed by atoms with Gasteiger partial charge in [-0.15, -0.1) is 16.8 Å². The number of benzene rings is 2. The molecule has 0 spiro atoms. The van der Waals surface area contributed by atoms with Crippen molar-refractivity contribution in [1.82, 2.24) is 14.5 Å². The lowest BCUT2D eigenvalue weighted by atomic mass is 10.1. The quantitative estimate of drug-likeness (QED) is 0.253. The number of aromatic nitrogens is 2. The zero-order valence-electron chi connectivity index (χ0n) is 17.9. The van der Waals surface area contributed by atoms with E-state index in [9.17, 15) is 17.6 Å². The molecule has 0 saturated heterocycles. The molecule has 0 aliphatic carbocycles. The number of carbonyl (C=O) groups is 1. The minimum Gasteiger partial charge on any atom is -0.296 e. The van der Waals surface area contributed by atoms with Gasteiger partial charge in [-0.3, -0.25) is 14.4 Å². The lowest BCUT2D eigenvalue weighted by molar-refractivity contribution is 0.102. The lowest BCUT2D eigenvalue weighted by Crippen LogP contribution is -2.40. The average molecular weight is 508 g/mol. The molecular weight excluding hydrogens is 485 g/mol. The minimum atomic E-state index is -3.96. The second kappa shape index (κ2) is 10.9. The van der Waals surface area contributed by atoms with Gasteiger partial charge in [-0.1, -0.05) is 53.4 Å². The molecule has 3 aromatic rings. The molecule has 33 heavy (non-hydrogen) atoms. The van der Waals surface area contributed by atoms with Crippen LogP contribution < -0.4 is 9.62 Å². The summed E-state index contributed by atoms with van der Waals surface area (Å²) in [6.45, 7) is 3.54. The van der Waals surface area contributed by atoms with Crippen LogP contribution in [-0.2, 0) is 16.8 Å². The van der Waals surface area contributed by atoms with E-state index in [1.165, 1.54) is 55.4 Å². The monoisotopic (exact) mass is 507 g/mol. The topological polar surface area (TPSA) is 95.5 Å². The Balaban J connectivity index is 1.76. The van der Waals surface area contributed by atoms with Gasteiger partial charge in [0.05, 0.1) is 12.2 Å². The standard InChI is InChI=1S/C21H22FN5O3S3/c1-4-13-31-21-25-24-20(32-21)23-19(28)16-11-9-15(10-12-16)14-27(33(29,30)26(2)3)18-8-6-5-7-17(18)22/h4-12H,1,13-14H2,2-3H3,(H,23,24,28). The van der Waals surface area contributed by atoms with E-state index in [-0.39, 0.29) is 18.1 Å². The highest BCUT2D eigenvalue weighted by Crippen LogP contribution is 2.27. The number of hydrogen-bond acceptors (Lipinski definition) is 7. The van der Waals surface area contributed by atoms with Crippen LogP contribution in [0.2, 0.25) is 0 Å². The fourth-order valence-corrected chi connectivity index (χ4v) is 5.30. The summed E-state index contributed by atoms with van der Waals surface area (Å²) in [5.74, 6) is -0.330. The highest BCUT2D eigenvalue weighted by Gasteiger charge is 2.27. The SMILES string of the molecule is C=CCSc1nnc(NC(=O)c2ccc(CN(c3ccccc3F)S(=O)(=O)N(C)C)cc2)s1. The first kappa shape index (κ1) is 24.8. The highest BCUT2D eigenvalue weighted by molar-refractivity contribution is 8.01. The number of para-hydroxylation sites is 1. The first-order chi connectivity index (χ1) is 15.7. The van der Waals surface area contributed by atoms with Crippen LogP contribution in [0.4, 0.5) is 15.2 Å². The summed E-state index contributed by atoms with van der Waals surface area (Å²) in [4.78, 5) is 12.5. The Bertz CT molecular complexity index is 1230. The predicted molar refractivity (Wildman–Crippen MR) is 130 cm³/mol. The summed E-state index contributed by atoms with van der Waals surface area (Å²) in [6.07, 6.45) is 1.75. The zero-order valence-corrected chi connectivity index (χ0v) is 20.4. The molecule has 0 fully saturated rings. The third kappa shape index (κ3) is 6.16. The Hall–Kier alpha value is -2.80. The Labute approximate surface area is 200 Å². The van der Waals surface area contributed by atoms with E-state index >= 15 is 0 Å². The van der Waals surface area contributed by atoms with Crippen LogP contribution in [0.25, 0.3) is 0 Å². The molecule has 0 bridgehead atoms. The molecule has 3 rings (SSSR count). The second-order valence-corrected chi connectivity index (χ2v) is 11.2. The number of nitrogens with one attached hydrogen (secondary N) is 1. The third-order valence-corrected chi connectivity index (χ3v) is 8.13. The van der Waals surface area contributed by atoms with Crippen molar-refractivity contribution in [3.8, 4) is 0 Å². The average Bonchev–Trinajstić information content (AvgIpc) is 3.24. The molecule has 0 unspecified atom stereocenters. The molecule has 0 aliphatic heterocycles. The molecule has 1 heterocycles. The van der Waals surface area contributed by atoms with Gasteiger partial charge in [-0.2, -0.15) is 12.7 Å². The maximum atomic E-state index is 14.4. The fraction of sp³-hybridized carbons (Fsp3) is 0.190. The summed E-state index contributed by atoms with van der Waals surface area (Å²) < 4.78 is 42.8. The molecule has 0 saturated carbocycles. The molecule has 1 N–H and O–H groups in total. The molecule has 0 radical (unpaired) electrons. The summed E-state index contributed by atoms with van der Waals surface area (Å²) in [6, 6.07) is 12.1. The number of thioether (sulfide) groups is 1. The first-order valence-electron chi connectivity index (χ1n) is 9.64. The Morgan fingerprint density at radius 1 is 1.18 bits per heavy atom. The molecule has 0 aliphatic rings. The van der Waals surface area contributed by atoms with E-state index in [4.69, 9.17) is 0 Å². The van der Waals surface area contributed by atoms with E-state index in [2.05, 4.69) is 22.1 Å². The Kier molecular flexibility index (Phi) is 8.19. The number of halogens is 1. The largest absolute Gasteiger partial charge is 0.303 e. The fourth-order valence-electron chi connectivity index (χ4n) is 2.69. The molecule has 0 atom stereocenters. The van der Waals surface area contributed by atoms with Gasteiger partial charge in [-0.25, -0.2) is 4.39 Å². The molecular formula is C21H22FN5O3S3. The van der Waals surface area contributed by atoms with Crippen molar-refractivity contribution in [2.75, 3.05) is 29.5 Å². The smallest absolute Gasteiger partial charge is 0.296 e. The van der Waals surface area contributed by atoms with Gasteiger partial charge in [0.25, 0.3) is 5.91 Å². The zero-order chi connectivity index (χ0) is 24.0. The van der Waals surface area contributed by atoms with E-state index in [1.54, 1.807) is 36.4 Å². The van der Waals surface area contributed by atoms with Crippen molar-refractivity contribution in [1.29, 1.82) is 0 Å². The van der Waals surface area contributed by atoms with E-state index < -0.39 is 16.0 Å². The van der Waals surface area contributed by atoms with Crippen molar-refractivity contribution in [3.05, 3.63) is 78.1 Å². The summed E-state index contributed by atoms with van der Waals surface area (Å²) in [5, 5.41) is 11.0. The predicted octanol–water partition coefficient (Wildman–Crippen LogP) is 4.02. The van der Waals surface area contributed by atoms with Crippen molar-refractivity contribution in [3.63, 3.8) is 0 Å².